The van der Waals surface area contributed by atoms with Gasteiger partial charge in [0.15, 0.2) is 8.32 Å². The van der Waals surface area contributed by atoms with Gasteiger partial charge in [-0.1, -0.05) is 44.5 Å². The summed E-state index contributed by atoms with van der Waals surface area (Å²) < 4.78 is 35.4. The molecule has 1 atom stereocenters. The lowest BCUT2D eigenvalue weighted by Crippen LogP contribution is -2.42. The zero-order valence-corrected chi connectivity index (χ0v) is 18.0. The van der Waals surface area contributed by atoms with E-state index in [9.17, 15) is 8.42 Å². The molecule has 1 aromatic carbocycles. The number of halogens is 1. The van der Waals surface area contributed by atoms with E-state index in [0.29, 0.717) is 11.6 Å². The number of rotatable bonds is 8. The molecule has 0 saturated heterocycles. The van der Waals surface area contributed by atoms with E-state index in [1.807, 2.05) is 12.1 Å². The van der Waals surface area contributed by atoms with Gasteiger partial charge in [-0.2, -0.15) is 8.42 Å². The molecular weight excluding hydrogens is 364 g/mol. The van der Waals surface area contributed by atoms with Crippen LogP contribution >= 0.6 is 11.6 Å². The zero-order chi connectivity index (χ0) is 18.6. The van der Waals surface area contributed by atoms with Gasteiger partial charge in [-0.15, -0.1) is 0 Å². The summed E-state index contributed by atoms with van der Waals surface area (Å²) in [5, 5.41) is 0.642. The van der Waals surface area contributed by atoms with Gasteiger partial charge in [-0.3, -0.25) is 4.18 Å². The molecule has 1 aromatic rings. The van der Waals surface area contributed by atoms with E-state index in [2.05, 4.69) is 33.9 Å². The largest absolute Gasteiger partial charge is 0.416 e. The molecule has 0 spiro atoms. The molecule has 0 bridgehead atoms. The van der Waals surface area contributed by atoms with Crippen molar-refractivity contribution in [1.29, 1.82) is 0 Å². The molecule has 0 heterocycles. The third-order valence-corrected chi connectivity index (χ3v) is 10.6. The second-order valence-corrected chi connectivity index (χ2v) is 14.4. The molecule has 0 radical (unpaired) electrons. The van der Waals surface area contributed by atoms with Gasteiger partial charge in [0.2, 0.25) is 0 Å². The van der Waals surface area contributed by atoms with Crippen LogP contribution in [0.5, 0.6) is 0 Å². The van der Waals surface area contributed by atoms with E-state index in [4.69, 9.17) is 20.2 Å². The molecule has 0 N–H and O–H groups in total. The van der Waals surface area contributed by atoms with Crippen molar-refractivity contribution in [2.45, 2.75) is 51.7 Å². The lowest BCUT2D eigenvalue weighted by atomic mass is 10.0. The predicted octanol–water partition coefficient (Wildman–Crippen LogP) is 4.81. The SMILES string of the molecule is CCOS(=O)(=O)C[C@@H](CO[Si](C)(C)C(C)(C)C)c1cccc(Cl)c1. The molecule has 138 valence electrons. The van der Waals surface area contributed by atoms with Crippen LogP contribution in [0.15, 0.2) is 24.3 Å². The van der Waals surface area contributed by atoms with Gasteiger partial charge in [0.25, 0.3) is 10.1 Å². The van der Waals surface area contributed by atoms with Crippen molar-refractivity contribution in [3.05, 3.63) is 34.9 Å². The molecule has 0 aliphatic carbocycles. The molecule has 24 heavy (non-hydrogen) atoms. The maximum Gasteiger partial charge on any atom is 0.267 e. The van der Waals surface area contributed by atoms with Gasteiger partial charge in [-0.05, 0) is 42.8 Å². The van der Waals surface area contributed by atoms with E-state index in [0.717, 1.165) is 5.56 Å². The van der Waals surface area contributed by atoms with Crippen molar-refractivity contribution in [2.75, 3.05) is 19.0 Å². The van der Waals surface area contributed by atoms with E-state index >= 15 is 0 Å². The van der Waals surface area contributed by atoms with Crippen molar-refractivity contribution in [2.24, 2.45) is 0 Å². The number of benzene rings is 1. The van der Waals surface area contributed by atoms with Crippen LogP contribution in [0.3, 0.4) is 0 Å². The van der Waals surface area contributed by atoms with Crippen molar-refractivity contribution in [3.8, 4) is 0 Å². The summed E-state index contributed by atoms with van der Waals surface area (Å²) in [5.41, 5.74) is 0.851. The Balaban J connectivity index is 3.02. The Hall–Kier alpha value is -0.403. The highest BCUT2D eigenvalue weighted by Crippen LogP contribution is 2.37. The van der Waals surface area contributed by atoms with E-state index in [1.165, 1.54) is 0 Å². The Morgan fingerprint density at radius 2 is 1.88 bits per heavy atom. The first-order chi connectivity index (χ1) is 10.9. The standard InChI is InChI=1S/C17H29ClO4SSi/c1-7-21-23(19,20)13-15(14-9-8-10-16(18)11-14)12-22-24(5,6)17(2,3)4/h8-11,15H,7,12-13H2,1-6H3/t15-/m1/s1. The van der Waals surface area contributed by atoms with Crippen LogP contribution < -0.4 is 0 Å². The molecule has 0 unspecified atom stereocenters. The van der Waals surface area contributed by atoms with Crippen LogP contribution in [0, 0.1) is 0 Å². The fraction of sp³-hybridized carbons (Fsp3) is 0.647. The van der Waals surface area contributed by atoms with Gasteiger partial charge in [0.1, 0.15) is 0 Å². The third-order valence-electron chi connectivity index (χ3n) is 4.47. The summed E-state index contributed by atoms with van der Waals surface area (Å²) >= 11 is 6.07. The molecule has 1 rings (SSSR count). The van der Waals surface area contributed by atoms with Gasteiger partial charge in [0, 0.05) is 17.5 Å². The van der Waals surface area contributed by atoms with Crippen molar-refractivity contribution < 1.29 is 17.0 Å². The minimum atomic E-state index is -3.60. The second-order valence-electron chi connectivity index (χ2n) is 7.45. The van der Waals surface area contributed by atoms with Crippen molar-refractivity contribution in [3.63, 3.8) is 0 Å². The highest BCUT2D eigenvalue weighted by atomic mass is 35.5. The first kappa shape index (κ1) is 21.6. The molecule has 0 fully saturated rings. The fourth-order valence-corrected chi connectivity index (χ4v) is 4.49. The summed E-state index contributed by atoms with van der Waals surface area (Å²) in [6.07, 6.45) is 0. The van der Waals surface area contributed by atoms with Crippen LogP contribution in [-0.2, 0) is 18.7 Å². The fourth-order valence-electron chi connectivity index (χ4n) is 2.00. The van der Waals surface area contributed by atoms with E-state index in [-0.39, 0.29) is 23.3 Å². The maximum absolute atomic E-state index is 12.1. The summed E-state index contributed by atoms with van der Waals surface area (Å²) in [4.78, 5) is 0. The Kier molecular flexibility index (Phi) is 7.50. The minimum absolute atomic E-state index is 0.0602. The molecule has 0 amide bonds. The minimum Gasteiger partial charge on any atom is -0.416 e. The first-order valence-electron chi connectivity index (χ1n) is 8.14. The molecule has 4 nitrogen and oxygen atoms in total. The van der Waals surface area contributed by atoms with E-state index in [1.54, 1.807) is 19.1 Å². The van der Waals surface area contributed by atoms with Gasteiger partial charge < -0.3 is 4.43 Å². The molecule has 0 aliphatic heterocycles. The summed E-state index contributed by atoms with van der Waals surface area (Å²) in [5.74, 6) is -0.426. The quantitative estimate of drug-likeness (QED) is 0.470. The molecule has 0 aromatic heterocycles. The normalized spacial score (nSPS) is 14.6. The molecule has 0 aliphatic rings. The topological polar surface area (TPSA) is 52.6 Å². The van der Waals surface area contributed by atoms with Crippen LogP contribution in [0.4, 0.5) is 0 Å². The summed E-state index contributed by atoms with van der Waals surface area (Å²) in [6.45, 7) is 12.9. The zero-order valence-electron chi connectivity index (χ0n) is 15.4. The van der Waals surface area contributed by atoms with Crippen LogP contribution in [0.1, 0.15) is 39.2 Å². The number of hydrogen-bond donors (Lipinski definition) is 0. The Morgan fingerprint density at radius 1 is 1.25 bits per heavy atom. The van der Waals surface area contributed by atoms with Crippen LogP contribution in [0.2, 0.25) is 23.2 Å². The van der Waals surface area contributed by atoms with Gasteiger partial charge >= 0.3 is 0 Å². The van der Waals surface area contributed by atoms with Crippen LogP contribution in [0.25, 0.3) is 0 Å². The third kappa shape index (κ3) is 6.48. The van der Waals surface area contributed by atoms with Gasteiger partial charge in [0.05, 0.1) is 12.4 Å². The Labute approximate surface area is 152 Å². The van der Waals surface area contributed by atoms with Crippen molar-refractivity contribution >= 4 is 30.0 Å². The average molecular weight is 393 g/mol. The van der Waals surface area contributed by atoms with E-state index < -0.39 is 18.4 Å². The molecule has 7 heteroatoms. The average Bonchev–Trinajstić information content (AvgIpc) is 2.42. The second kappa shape index (κ2) is 8.32. The predicted molar refractivity (Wildman–Crippen MR) is 103 cm³/mol. The molecular formula is C17H29ClO4SSi. The van der Waals surface area contributed by atoms with Crippen molar-refractivity contribution in [1.82, 2.24) is 0 Å². The Bertz CT molecular complexity index is 638. The lowest BCUT2D eigenvalue weighted by molar-refractivity contribution is 0.265. The first-order valence-corrected chi connectivity index (χ1v) is 13.0. The highest BCUT2D eigenvalue weighted by molar-refractivity contribution is 7.86. The summed E-state index contributed by atoms with van der Waals surface area (Å²) in [7, 11) is -5.58. The van der Waals surface area contributed by atoms with Gasteiger partial charge in [-0.25, -0.2) is 0 Å². The number of hydrogen-bond acceptors (Lipinski definition) is 4. The Morgan fingerprint density at radius 3 is 2.38 bits per heavy atom. The highest BCUT2D eigenvalue weighted by Gasteiger charge is 2.38. The van der Waals surface area contributed by atoms with Crippen LogP contribution in [-0.4, -0.2) is 35.7 Å². The maximum atomic E-state index is 12.1. The smallest absolute Gasteiger partial charge is 0.267 e. The lowest BCUT2D eigenvalue weighted by Gasteiger charge is -2.37. The summed E-state index contributed by atoms with van der Waals surface area (Å²) in [6, 6.07) is 7.27. The monoisotopic (exact) mass is 392 g/mol. The molecule has 0 saturated carbocycles.